The number of nitrogens with zero attached hydrogens (tertiary/aromatic N) is 2. The van der Waals surface area contributed by atoms with Crippen molar-refractivity contribution in [2.75, 3.05) is 6.61 Å². The second-order valence-corrected chi connectivity index (χ2v) is 4.09. The van der Waals surface area contributed by atoms with Crippen LogP contribution in [-0.2, 0) is 6.42 Å². The highest BCUT2D eigenvalue weighted by Crippen LogP contribution is 2.20. The van der Waals surface area contributed by atoms with Gasteiger partial charge in [0.2, 0.25) is 5.88 Å². The number of hydrogen-bond donors (Lipinski definition) is 3. The molecule has 0 unspecified atom stereocenters. The number of rotatable bonds is 5. The van der Waals surface area contributed by atoms with Crippen molar-refractivity contribution in [1.82, 2.24) is 4.98 Å². The summed E-state index contributed by atoms with van der Waals surface area (Å²) in [6.45, 7) is 0.115. The van der Waals surface area contributed by atoms with Gasteiger partial charge in [-0.25, -0.2) is 4.98 Å². The third-order valence-corrected chi connectivity index (χ3v) is 2.68. The molecule has 0 saturated carbocycles. The molecule has 2 rings (SSSR count). The predicted molar refractivity (Wildman–Crippen MR) is 74.1 cm³/mol. The predicted octanol–water partition coefficient (Wildman–Crippen LogP) is 1.50. The molecule has 0 saturated heterocycles. The molecule has 6 nitrogen and oxygen atoms in total. The minimum Gasteiger partial charge on any atom is -0.439 e. The summed E-state index contributed by atoms with van der Waals surface area (Å²) in [6, 6.07) is 10.5. The summed E-state index contributed by atoms with van der Waals surface area (Å²) in [7, 11) is 0. The second kappa shape index (κ2) is 6.53. The van der Waals surface area contributed by atoms with Crippen LogP contribution in [0.25, 0.3) is 0 Å². The lowest BCUT2D eigenvalue weighted by molar-refractivity contribution is 0.299. The van der Waals surface area contributed by atoms with Gasteiger partial charge in [0.15, 0.2) is 5.84 Å². The van der Waals surface area contributed by atoms with Gasteiger partial charge in [-0.05, 0) is 30.2 Å². The van der Waals surface area contributed by atoms with Crippen LogP contribution >= 0.6 is 0 Å². The lowest BCUT2D eigenvalue weighted by Gasteiger charge is -2.07. The van der Waals surface area contributed by atoms with E-state index in [0.717, 1.165) is 5.56 Å². The van der Waals surface area contributed by atoms with Gasteiger partial charge in [0, 0.05) is 24.4 Å². The first-order valence-corrected chi connectivity index (χ1v) is 6.04. The fraction of sp³-hybridized carbons (Fsp3) is 0.143. The summed E-state index contributed by atoms with van der Waals surface area (Å²) in [4.78, 5) is 4.06. The van der Waals surface area contributed by atoms with Crippen molar-refractivity contribution in [2.45, 2.75) is 6.42 Å². The molecule has 0 radical (unpaired) electrons. The van der Waals surface area contributed by atoms with Gasteiger partial charge in [0.05, 0.1) is 0 Å². The highest BCUT2D eigenvalue weighted by molar-refractivity contribution is 5.97. The van der Waals surface area contributed by atoms with Crippen molar-refractivity contribution < 1.29 is 15.1 Å². The number of amidine groups is 1. The zero-order chi connectivity index (χ0) is 14.4. The highest BCUT2D eigenvalue weighted by atomic mass is 16.5. The average molecular weight is 273 g/mol. The zero-order valence-corrected chi connectivity index (χ0v) is 10.7. The topological polar surface area (TPSA) is 101 Å². The fourth-order valence-corrected chi connectivity index (χ4v) is 1.66. The van der Waals surface area contributed by atoms with E-state index in [0.29, 0.717) is 23.6 Å². The number of pyridine rings is 1. The first-order chi connectivity index (χ1) is 9.72. The van der Waals surface area contributed by atoms with E-state index in [2.05, 4.69) is 10.1 Å². The van der Waals surface area contributed by atoms with E-state index in [1.54, 1.807) is 24.3 Å². The third-order valence-electron chi connectivity index (χ3n) is 2.68. The van der Waals surface area contributed by atoms with Crippen molar-refractivity contribution in [1.29, 1.82) is 0 Å². The molecule has 0 spiro atoms. The van der Waals surface area contributed by atoms with Crippen LogP contribution in [0.4, 0.5) is 0 Å². The first kappa shape index (κ1) is 13.8. The summed E-state index contributed by atoms with van der Waals surface area (Å²) in [5, 5.41) is 20.4. The molecule has 0 bridgehead atoms. The van der Waals surface area contributed by atoms with Crippen molar-refractivity contribution in [3.8, 4) is 11.6 Å². The molecular weight excluding hydrogens is 258 g/mol. The van der Waals surface area contributed by atoms with Gasteiger partial charge < -0.3 is 20.8 Å². The van der Waals surface area contributed by atoms with Gasteiger partial charge in [0.1, 0.15) is 5.75 Å². The third kappa shape index (κ3) is 3.46. The SMILES string of the molecule is N/C(=N/O)c1ccnc(Oc2ccc(CCO)cc2)c1. The Morgan fingerprint density at radius 1 is 1.25 bits per heavy atom. The highest BCUT2D eigenvalue weighted by Gasteiger charge is 2.04. The van der Waals surface area contributed by atoms with E-state index in [4.69, 9.17) is 20.8 Å². The molecule has 4 N–H and O–H groups in total. The molecule has 1 heterocycles. The number of oxime groups is 1. The van der Waals surface area contributed by atoms with Crippen LogP contribution in [0.2, 0.25) is 0 Å². The van der Waals surface area contributed by atoms with E-state index in [-0.39, 0.29) is 12.4 Å². The maximum Gasteiger partial charge on any atom is 0.219 e. The number of hydrogen-bond acceptors (Lipinski definition) is 5. The smallest absolute Gasteiger partial charge is 0.219 e. The molecule has 0 aliphatic carbocycles. The van der Waals surface area contributed by atoms with Crippen LogP contribution in [0.1, 0.15) is 11.1 Å². The maximum atomic E-state index is 8.85. The molecule has 0 aliphatic rings. The Balaban J connectivity index is 2.13. The molecule has 104 valence electrons. The lowest BCUT2D eigenvalue weighted by Crippen LogP contribution is -2.13. The Bertz CT molecular complexity index is 597. The number of benzene rings is 1. The Kier molecular flexibility index (Phi) is 4.52. The van der Waals surface area contributed by atoms with Crippen molar-refractivity contribution in [3.05, 3.63) is 53.7 Å². The lowest BCUT2D eigenvalue weighted by atomic mass is 10.1. The molecule has 0 amide bonds. The first-order valence-electron chi connectivity index (χ1n) is 6.04. The van der Waals surface area contributed by atoms with Gasteiger partial charge in [-0.3, -0.25) is 0 Å². The molecule has 2 aromatic rings. The summed E-state index contributed by atoms with van der Waals surface area (Å²) < 4.78 is 5.58. The maximum absolute atomic E-state index is 8.85. The van der Waals surface area contributed by atoms with E-state index in [9.17, 15) is 0 Å². The van der Waals surface area contributed by atoms with Crippen LogP contribution < -0.4 is 10.5 Å². The molecule has 0 aliphatic heterocycles. The summed E-state index contributed by atoms with van der Waals surface area (Å²) in [5.74, 6) is 0.968. The number of aromatic nitrogens is 1. The number of nitrogens with two attached hydrogens (primary N) is 1. The Labute approximate surface area is 116 Å². The van der Waals surface area contributed by atoms with Crippen molar-refractivity contribution in [3.63, 3.8) is 0 Å². The van der Waals surface area contributed by atoms with E-state index in [1.165, 1.54) is 6.20 Å². The van der Waals surface area contributed by atoms with Gasteiger partial charge in [-0.1, -0.05) is 17.3 Å². The Morgan fingerprint density at radius 3 is 2.65 bits per heavy atom. The van der Waals surface area contributed by atoms with Crippen molar-refractivity contribution in [2.24, 2.45) is 10.9 Å². The minimum atomic E-state index is -0.00413. The normalized spacial score (nSPS) is 11.3. The summed E-state index contributed by atoms with van der Waals surface area (Å²) in [6.07, 6.45) is 2.13. The van der Waals surface area contributed by atoms with E-state index < -0.39 is 0 Å². The molecule has 20 heavy (non-hydrogen) atoms. The standard InChI is InChI=1S/C14H15N3O3/c15-14(17-19)11-5-7-16-13(9-11)20-12-3-1-10(2-4-12)6-8-18/h1-5,7,9,18-19H,6,8H2,(H2,15,17). The molecular formula is C14H15N3O3. The fourth-order valence-electron chi connectivity index (χ4n) is 1.66. The Hall–Kier alpha value is -2.60. The largest absolute Gasteiger partial charge is 0.439 e. The van der Waals surface area contributed by atoms with Gasteiger partial charge in [-0.15, -0.1) is 0 Å². The summed E-state index contributed by atoms with van der Waals surface area (Å²) >= 11 is 0. The molecule has 6 heteroatoms. The second-order valence-electron chi connectivity index (χ2n) is 4.09. The number of aliphatic hydroxyl groups excluding tert-OH is 1. The molecule has 0 fully saturated rings. The van der Waals surface area contributed by atoms with Crippen LogP contribution in [-0.4, -0.2) is 27.7 Å². The average Bonchev–Trinajstić information content (AvgIpc) is 2.49. The molecule has 1 aromatic heterocycles. The van der Waals surface area contributed by atoms with Gasteiger partial charge in [-0.2, -0.15) is 0 Å². The van der Waals surface area contributed by atoms with Crippen molar-refractivity contribution >= 4 is 5.84 Å². The molecule has 1 aromatic carbocycles. The van der Waals surface area contributed by atoms with Crippen LogP contribution in [0.15, 0.2) is 47.8 Å². The van der Waals surface area contributed by atoms with Gasteiger partial charge in [0.25, 0.3) is 0 Å². The zero-order valence-electron chi connectivity index (χ0n) is 10.7. The molecule has 0 atom stereocenters. The van der Waals surface area contributed by atoms with Crippen LogP contribution in [0.5, 0.6) is 11.6 Å². The van der Waals surface area contributed by atoms with E-state index >= 15 is 0 Å². The number of ether oxygens (including phenoxy) is 1. The quantitative estimate of drug-likeness (QED) is 0.332. The van der Waals surface area contributed by atoms with E-state index in [1.807, 2.05) is 12.1 Å². The minimum absolute atomic E-state index is 0.00413. The van der Waals surface area contributed by atoms with Crippen LogP contribution in [0.3, 0.4) is 0 Å². The number of aliphatic hydroxyl groups is 1. The Morgan fingerprint density at radius 2 is 2.00 bits per heavy atom. The monoisotopic (exact) mass is 273 g/mol. The van der Waals surface area contributed by atoms with Gasteiger partial charge >= 0.3 is 0 Å². The summed E-state index contributed by atoms with van der Waals surface area (Å²) in [5.41, 5.74) is 7.05. The van der Waals surface area contributed by atoms with Crippen LogP contribution in [0, 0.1) is 0 Å².